The van der Waals surface area contributed by atoms with Crippen molar-refractivity contribution in [3.8, 4) is 5.82 Å². The second kappa shape index (κ2) is 4.50. The van der Waals surface area contributed by atoms with E-state index in [1.807, 2.05) is 0 Å². The zero-order valence-corrected chi connectivity index (χ0v) is 9.76. The van der Waals surface area contributed by atoms with Crippen LogP contribution in [0.3, 0.4) is 0 Å². The minimum Gasteiger partial charge on any atom is -0.397 e. The fraction of sp³-hybridized carbons (Fsp3) is 0.300. The molecule has 3 N–H and O–H groups in total. The first-order chi connectivity index (χ1) is 8.79. The van der Waals surface area contributed by atoms with Crippen LogP contribution < -0.4 is 5.73 Å². The van der Waals surface area contributed by atoms with Crippen LogP contribution in [0.1, 0.15) is 24.3 Å². The van der Waals surface area contributed by atoms with Gasteiger partial charge in [0.05, 0.1) is 24.2 Å². The summed E-state index contributed by atoms with van der Waals surface area (Å²) in [6.07, 6.45) is -3.31. The van der Waals surface area contributed by atoms with E-state index in [4.69, 9.17) is 5.73 Å². The lowest BCUT2D eigenvalue weighted by Crippen LogP contribution is -2.15. The second-order valence-corrected chi connectivity index (χ2v) is 3.87. The Kier molecular flexibility index (Phi) is 3.14. The number of anilines is 1. The number of halogens is 3. The van der Waals surface area contributed by atoms with Gasteiger partial charge in [0.25, 0.3) is 0 Å². The number of aliphatic hydroxyl groups excluding tert-OH is 1. The molecule has 0 radical (unpaired) electrons. The van der Waals surface area contributed by atoms with Gasteiger partial charge in [0, 0.05) is 0 Å². The summed E-state index contributed by atoms with van der Waals surface area (Å²) in [7, 11) is 0. The number of aromatic nitrogens is 4. The molecule has 0 aliphatic rings. The van der Waals surface area contributed by atoms with Gasteiger partial charge in [0.15, 0.2) is 5.82 Å². The van der Waals surface area contributed by atoms with Crippen molar-refractivity contribution in [1.82, 2.24) is 20.0 Å². The van der Waals surface area contributed by atoms with E-state index in [0.717, 1.165) is 12.3 Å². The lowest BCUT2D eigenvalue weighted by Gasteiger charge is -2.11. The largest absolute Gasteiger partial charge is 0.420 e. The maximum atomic E-state index is 12.9. The number of hydrogen-bond donors (Lipinski definition) is 2. The Morgan fingerprint density at radius 1 is 1.37 bits per heavy atom. The highest BCUT2D eigenvalue weighted by Gasteiger charge is 2.36. The molecule has 1 atom stereocenters. The van der Waals surface area contributed by atoms with Gasteiger partial charge in [-0.25, -0.2) is 4.98 Å². The van der Waals surface area contributed by atoms with E-state index >= 15 is 0 Å². The number of nitrogen functional groups attached to an aromatic ring is 1. The fourth-order valence-electron chi connectivity index (χ4n) is 1.41. The van der Waals surface area contributed by atoms with Crippen molar-refractivity contribution in [2.24, 2.45) is 0 Å². The third-order valence-electron chi connectivity index (χ3n) is 2.32. The van der Waals surface area contributed by atoms with Gasteiger partial charge in [-0.1, -0.05) is 0 Å². The molecule has 0 spiro atoms. The fourth-order valence-corrected chi connectivity index (χ4v) is 1.41. The zero-order chi connectivity index (χ0) is 14.2. The van der Waals surface area contributed by atoms with Crippen molar-refractivity contribution in [2.75, 3.05) is 5.73 Å². The van der Waals surface area contributed by atoms with Crippen LogP contribution in [0.2, 0.25) is 0 Å². The van der Waals surface area contributed by atoms with Gasteiger partial charge in [0.2, 0.25) is 0 Å². The average molecular weight is 273 g/mol. The van der Waals surface area contributed by atoms with Gasteiger partial charge in [0.1, 0.15) is 11.3 Å². The molecule has 6 nitrogen and oxygen atoms in total. The first kappa shape index (κ1) is 13.3. The smallest absolute Gasteiger partial charge is 0.397 e. The first-order valence-corrected chi connectivity index (χ1v) is 5.22. The SMILES string of the molecule is C[C@H](O)c1cnn(-c2ncc(N)cc2C(F)(F)F)n1. The van der Waals surface area contributed by atoms with E-state index in [2.05, 4.69) is 15.2 Å². The molecule has 0 fully saturated rings. The monoisotopic (exact) mass is 273 g/mol. The van der Waals surface area contributed by atoms with E-state index in [1.165, 1.54) is 13.1 Å². The number of alkyl halides is 3. The number of aliphatic hydroxyl groups is 1. The third kappa shape index (κ3) is 2.65. The van der Waals surface area contributed by atoms with Crippen LogP contribution >= 0.6 is 0 Å². The molecule has 0 unspecified atom stereocenters. The van der Waals surface area contributed by atoms with Gasteiger partial charge in [-0.2, -0.15) is 18.3 Å². The standard InChI is InChI=1S/C10H10F3N5O/c1-5(19)8-4-16-18(17-8)9-7(10(11,12)13)2-6(14)3-15-9/h2-5,19H,14H2,1H3/t5-/m0/s1. The van der Waals surface area contributed by atoms with Crippen molar-refractivity contribution in [3.63, 3.8) is 0 Å². The van der Waals surface area contributed by atoms with Crippen LogP contribution in [0.25, 0.3) is 5.82 Å². The predicted octanol–water partition coefficient (Wildman–Crippen LogP) is 1.32. The van der Waals surface area contributed by atoms with Crippen molar-refractivity contribution < 1.29 is 18.3 Å². The molecular formula is C10H10F3N5O. The Hall–Kier alpha value is -2.16. The van der Waals surface area contributed by atoms with Crippen molar-refractivity contribution >= 4 is 5.69 Å². The Morgan fingerprint density at radius 3 is 2.58 bits per heavy atom. The van der Waals surface area contributed by atoms with Gasteiger partial charge in [-0.05, 0) is 13.0 Å². The topological polar surface area (TPSA) is 89.9 Å². The van der Waals surface area contributed by atoms with E-state index in [1.54, 1.807) is 0 Å². The van der Waals surface area contributed by atoms with E-state index in [-0.39, 0.29) is 11.4 Å². The molecule has 0 saturated heterocycles. The molecule has 2 rings (SSSR count). The van der Waals surface area contributed by atoms with Crippen LogP contribution in [0.5, 0.6) is 0 Å². The summed E-state index contributed by atoms with van der Waals surface area (Å²) in [5, 5.41) is 16.7. The van der Waals surface area contributed by atoms with Crippen molar-refractivity contribution in [2.45, 2.75) is 19.2 Å². The molecule has 19 heavy (non-hydrogen) atoms. The van der Waals surface area contributed by atoms with Gasteiger partial charge in [-0.15, -0.1) is 9.90 Å². The number of hydrogen-bond acceptors (Lipinski definition) is 5. The summed E-state index contributed by atoms with van der Waals surface area (Å²) in [6, 6.07) is 0.758. The first-order valence-electron chi connectivity index (χ1n) is 5.22. The quantitative estimate of drug-likeness (QED) is 0.861. The minimum absolute atomic E-state index is 0.112. The molecule has 0 aromatic carbocycles. The maximum absolute atomic E-state index is 12.9. The van der Waals surface area contributed by atoms with E-state index < -0.39 is 23.7 Å². The summed E-state index contributed by atoms with van der Waals surface area (Å²) in [4.78, 5) is 4.31. The summed E-state index contributed by atoms with van der Waals surface area (Å²) in [6.45, 7) is 1.43. The molecule has 0 aliphatic heterocycles. The highest BCUT2D eigenvalue weighted by Crippen LogP contribution is 2.33. The molecule has 0 saturated carbocycles. The lowest BCUT2D eigenvalue weighted by atomic mass is 10.2. The van der Waals surface area contributed by atoms with Gasteiger partial charge in [-0.3, -0.25) is 0 Å². The molecule has 2 aromatic rings. The van der Waals surface area contributed by atoms with Crippen LogP contribution in [-0.2, 0) is 6.18 Å². The number of nitrogens with zero attached hydrogens (tertiary/aromatic N) is 4. The van der Waals surface area contributed by atoms with E-state index in [9.17, 15) is 18.3 Å². The molecular weight excluding hydrogens is 263 g/mol. The Balaban J connectivity index is 2.55. The summed E-state index contributed by atoms with van der Waals surface area (Å²) < 4.78 is 38.6. The number of pyridine rings is 1. The summed E-state index contributed by atoms with van der Waals surface area (Å²) in [5.41, 5.74) is 4.29. The second-order valence-electron chi connectivity index (χ2n) is 3.87. The summed E-state index contributed by atoms with van der Waals surface area (Å²) in [5.74, 6) is -0.492. The highest BCUT2D eigenvalue weighted by atomic mass is 19.4. The van der Waals surface area contributed by atoms with Gasteiger partial charge >= 0.3 is 6.18 Å². The number of rotatable bonds is 2. The van der Waals surface area contributed by atoms with Crippen LogP contribution in [0, 0.1) is 0 Å². The van der Waals surface area contributed by atoms with Crippen LogP contribution in [0.15, 0.2) is 18.5 Å². The Labute approximate surface area is 105 Å². The molecule has 9 heteroatoms. The van der Waals surface area contributed by atoms with Crippen molar-refractivity contribution in [1.29, 1.82) is 0 Å². The number of nitrogens with two attached hydrogens (primary N) is 1. The molecule has 102 valence electrons. The Bertz CT molecular complexity index is 593. The minimum atomic E-state index is -4.63. The van der Waals surface area contributed by atoms with Crippen LogP contribution in [-0.4, -0.2) is 25.1 Å². The predicted molar refractivity (Wildman–Crippen MR) is 59.2 cm³/mol. The van der Waals surface area contributed by atoms with E-state index in [0.29, 0.717) is 4.80 Å². The molecule has 0 aliphatic carbocycles. The third-order valence-corrected chi connectivity index (χ3v) is 2.32. The molecule has 2 heterocycles. The highest BCUT2D eigenvalue weighted by molar-refractivity contribution is 5.46. The Morgan fingerprint density at radius 2 is 2.05 bits per heavy atom. The zero-order valence-electron chi connectivity index (χ0n) is 9.76. The lowest BCUT2D eigenvalue weighted by molar-refractivity contribution is -0.137. The normalized spacial score (nSPS) is 13.5. The van der Waals surface area contributed by atoms with Crippen LogP contribution in [0.4, 0.5) is 18.9 Å². The average Bonchev–Trinajstić information content (AvgIpc) is 2.77. The maximum Gasteiger partial charge on any atom is 0.420 e. The molecule has 2 aromatic heterocycles. The van der Waals surface area contributed by atoms with Crippen molar-refractivity contribution in [3.05, 3.63) is 29.7 Å². The van der Waals surface area contributed by atoms with Gasteiger partial charge < -0.3 is 10.8 Å². The summed E-state index contributed by atoms with van der Waals surface area (Å²) >= 11 is 0. The molecule has 0 amide bonds. The molecule has 0 bridgehead atoms.